The lowest BCUT2D eigenvalue weighted by Crippen LogP contribution is -2.19. The molecule has 3 N–H and O–H groups in total. The Kier molecular flexibility index (Phi) is 4.23. The molecule has 1 heterocycles. The van der Waals surface area contributed by atoms with Gasteiger partial charge in [-0.25, -0.2) is 0 Å². The SMILES string of the molecule is COc1ccc(NC(CN)c2ccc(C)s2)cc1. The van der Waals surface area contributed by atoms with E-state index in [0.717, 1.165) is 11.4 Å². The van der Waals surface area contributed by atoms with Crippen LogP contribution in [0.15, 0.2) is 36.4 Å². The summed E-state index contributed by atoms with van der Waals surface area (Å²) < 4.78 is 5.14. The maximum atomic E-state index is 5.84. The summed E-state index contributed by atoms with van der Waals surface area (Å²) in [7, 11) is 1.67. The summed E-state index contributed by atoms with van der Waals surface area (Å²) in [6, 6.07) is 12.3. The van der Waals surface area contributed by atoms with Gasteiger partial charge in [-0.2, -0.15) is 0 Å². The molecule has 0 aliphatic heterocycles. The molecule has 0 bridgehead atoms. The molecule has 3 nitrogen and oxygen atoms in total. The Bertz CT molecular complexity index is 493. The maximum absolute atomic E-state index is 5.84. The van der Waals surface area contributed by atoms with Crippen molar-refractivity contribution in [3.05, 3.63) is 46.2 Å². The molecular formula is C14H18N2OS. The second-order valence-corrected chi connectivity index (χ2v) is 5.43. The molecule has 0 amide bonds. The second kappa shape index (κ2) is 5.89. The smallest absolute Gasteiger partial charge is 0.119 e. The van der Waals surface area contributed by atoms with Crippen LogP contribution in [0.1, 0.15) is 15.8 Å². The van der Waals surface area contributed by atoms with Crippen molar-refractivity contribution < 1.29 is 4.74 Å². The molecule has 18 heavy (non-hydrogen) atoms. The number of ether oxygens (including phenoxy) is 1. The molecule has 0 aliphatic carbocycles. The van der Waals surface area contributed by atoms with Gasteiger partial charge in [0.2, 0.25) is 0 Å². The average molecular weight is 262 g/mol. The van der Waals surface area contributed by atoms with E-state index in [1.54, 1.807) is 18.4 Å². The zero-order chi connectivity index (χ0) is 13.0. The van der Waals surface area contributed by atoms with E-state index in [1.165, 1.54) is 9.75 Å². The van der Waals surface area contributed by atoms with Crippen LogP contribution >= 0.6 is 11.3 Å². The normalized spacial score (nSPS) is 12.2. The van der Waals surface area contributed by atoms with Crippen molar-refractivity contribution in [1.82, 2.24) is 0 Å². The first kappa shape index (κ1) is 12.9. The third-order valence-corrected chi connectivity index (χ3v) is 3.89. The highest BCUT2D eigenvalue weighted by Gasteiger charge is 2.11. The topological polar surface area (TPSA) is 47.3 Å². The van der Waals surface area contributed by atoms with E-state index in [-0.39, 0.29) is 6.04 Å². The van der Waals surface area contributed by atoms with E-state index in [9.17, 15) is 0 Å². The minimum absolute atomic E-state index is 0.164. The molecule has 2 rings (SSSR count). The lowest BCUT2D eigenvalue weighted by molar-refractivity contribution is 0.415. The summed E-state index contributed by atoms with van der Waals surface area (Å²) >= 11 is 1.78. The molecule has 4 heteroatoms. The Morgan fingerprint density at radius 2 is 1.94 bits per heavy atom. The van der Waals surface area contributed by atoms with E-state index in [1.807, 2.05) is 24.3 Å². The molecule has 1 aromatic carbocycles. The van der Waals surface area contributed by atoms with Crippen LogP contribution in [-0.4, -0.2) is 13.7 Å². The predicted molar refractivity (Wildman–Crippen MR) is 77.5 cm³/mol. The third kappa shape index (κ3) is 3.03. The van der Waals surface area contributed by atoms with E-state index in [0.29, 0.717) is 6.54 Å². The zero-order valence-electron chi connectivity index (χ0n) is 10.6. The van der Waals surface area contributed by atoms with Gasteiger partial charge in [-0.1, -0.05) is 0 Å². The van der Waals surface area contributed by atoms with Crippen LogP contribution in [0.5, 0.6) is 5.75 Å². The molecule has 1 unspecified atom stereocenters. The van der Waals surface area contributed by atoms with Gasteiger partial charge in [-0.3, -0.25) is 0 Å². The number of nitrogens with one attached hydrogen (secondary N) is 1. The fraction of sp³-hybridized carbons (Fsp3) is 0.286. The number of hydrogen-bond donors (Lipinski definition) is 2. The zero-order valence-corrected chi connectivity index (χ0v) is 11.5. The van der Waals surface area contributed by atoms with Crippen molar-refractivity contribution in [3.8, 4) is 5.75 Å². The van der Waals surface area contributed by atoms with Gasteiger partial charge in [0.15, 0.2) is 0 Å². The Balaban J connectivity index is 2.10. The van der Waals surface area contributed by atoms with Crippen LogP contribution in [0, 0.1) is 6.92 Å². The van der Waals surface area contributed by atoms with Gasteiger partial charge in [-0.05, 0) is 43.3 Å². The van der Waals surface area contributed by atoms with Crippen LogP contribution in [-0.2, 0) is 0 Å². The molecule has 0 fully saturated rings. The van der Waals surface area contributed by atoms with Crippen LogP contribution in [0.4, 0.5) is 5.69 Å². The summed E-state index contributed by atoms with van der Waals surface area (Å²) in [5.41, 5.74) is 6.89. The Morgan fingerprint density at radius 3 is 2.44 bits per heavy atom. The average Bonchev–Trinajstić information content (AvgIpc) is 2.83. The first-order valence-corrected chi connectivity index (χ1v) is 6.71. The first-order valence-electron chi connectivity index (χ1n) is 5.90. The molecule has 96 valence electrons. The fourth-order valence-electron chi connectivity index (χ4n) is 1.78. The number of methoxy groups -OCH3 is 1. The molecule has 1 aromatic heterocycles. The largest absolute Gasteiger partial charge is 0.497 e. The van der Waals surface area contributed by atoms with Gasteiger partial charge in [0.1, 0.15) is 5.75 Å². The Hall–Kier alpha value is -1.52. The number of aryl methyl sites for hydroxylation is 1. The molecule has 0 saturated carbocycles. The van der Waals surface area contributed by atoms with Gasteiger partial charge < -0.3 is 15.8 Å². The highest BCUT2D eigenvalue weighted by Crippen LogP contribution is 2.26. The van der Waals surface area contributed by atoms with E-state index >= 15 is 0 Å². The molecule has 1 atom stereocenters. The number of anilines is 1. The standard InChI is InChI=1S/C14H18N2OS/c1-10-3-8-14(18-10)13(9-15)16-11-4-6-12(17-2)7-5-11/h3-8,13,16H,9,15H2,1-2H3. The van der Waals surface area contributed by atoms with Gasteiger partial charge in [0, 0.05) is 22.0 Å². The molecular weight excluding hydrogens is 244 g/mol. The van der Waals surface area contributed by atoms with E-state index in [4.69, 9.17) is 10.5 Å². The Labute approximate surface area is 112 Å². The third-order valence-electron chi connectivity index (χ3n) is 2.77. The minimum Gasteiger partial charge on any atom is -0.497 e. The molecule has 0 radical (unpaired) electrons. The summed E-state index contributed by atoms with van der Waals surface area (Å²) in [4.78, 5) is 2.57. The number of nitrogens with two attached hydrogens (primary N) is 1. The van der Waals surface area contributed by atoms with E-state index in [2.05, 4.69) is 24.4 Å². The summed E-state index contributed by atoms with van der Waals surface area (Å²) in [6.45, 7) is 2.68. The monoisotopic (exact) mass is 262 g/mol. The van der Waals surface area contributed by atoms with Gasteiger partial charge in [-0.15, -0.1) is 11.3 Å². The Morgan fingerprint density at radius 1 is 1.22 bits per heavy atom. The van der Waals surface area contributed by atoms with Crippen LogP contribution in [0.3, 0.4) is 0 Å². The fourth-order valence-corrected chi connectivity index (χ4v) is 2.72. The van der Waals surface area contributed by atoms with Crippen LogP contribution in [0.25, 0.3) is 0 Å². The summed E-state index contributed by atoms with van der Waals surface area (Å²) in [5.74, 6) is 0.858. The van der Waals surface area contributed by atoms with Crippen LogP contribution < -0.4 is 15.8 Å². The van der Waals surface area contributed by atoms with Crippen molar-refractivity contribution in [3.63, 3.8) is 0 Å². The quantitative estimate of drug-likeness (QED) is 0.870. The van der Waals surface area contributed by atoms with Crippen molar-refractivity contribution in [2.24, 2.45) is 5.73 Å². The predicted octanol–water partition coefficient (Wildman–Crippen LogP) is 3.18. The molecule has 2 aromatic rings. The number of thiophene rings is 1. The first-order chi connectivity index (χ1) is 8.72. The lowest BCUT2D eigenvalue weighted by atomic mass is 10.2. The highest BCUT2D eigenvalue weighted by atomic mass is 32.1. The molecule has 0 aliphatic rings. The van der Waals surface area contributed by atoms with Gasteiger partial charge in [0.05, 0.1) is 13.2 Å². The number of hydrogen-bond acceptors (Lipinski definition) is 4. The highest BCUT2D eigenvalue weighted by molar-refractivity contribution is 7.12. The van der Waals surface area contributed by atoms with Crippen molar-refractivity contribution in [2.45, 2.75) is 13.0 Å². The van der Waals surface area contributed by atoms with Gasteiger partial charge in [0.25, 0.3) is 0 Å². The minimum atomic E-state index is 0.164. The van der Waals surface area contributed by atoms with Gasteiger partial charge >= 0.3 is 0 Å². The van der Waals surface area contributed by atoms with Crippen molar-refractivity contribution in [2.75, 3.05) is 19.0 Å². The summed E-state index contributed by atoms with van der Waals surface area (Å²) in [6.07, 6.45) is 0. The summed E-state index contributed by atoms with van der Waals surface area (Å²) in [5, 5.41) is 3.44. The van der Waals surface area contributed by atoms with E-state index < -0.39 is 0 Å². The number of benzene rings is 1. The molecule has 0 spiro atoms. The lowest BCUT2D eigenvalue weighted by Gasteiger charge is -2.17. The second-order valence-electron chi connectivity index (χ2n) is 4.11. The molecule has 0 saturated heterocycles. The number of rotatable bonds is 5. The van der Waals surface area contributed by atoms with Crippen molar-refractivity contribution in [1.29, 1.82) is 0 Å². The van der Waals surface area contributed by atoms with Crippen molar-refractivity contribution >= 4 is 17.0 Å². The maximum Gasteiger partial charge on any atom is 0.119 e. The van der Waals surface area contributed by atoms with Crippen LogP contribution in [0.2, 0.25) is 0 Å².